The van der Waals surface area contributed by atoms with E-state index in [9.17, 15) is 14.9 Å². The van der Waals surface area contributed by atoms with Crippen molar-refractivity contribution in [2.45, 2.75) is 25.1 Å². The lowest BCUT2D eigenvalue weighted by Gasteiger charge is -2.18. The Kier molecular flexibility index (Phi) is 6.87. The molecule has 166 valence electrons. The summed E-state index contributed by atoms with van der Waals surface area (Å²) in [6.07, 6.45) is 1.93. The molecule has 1 N–H and O–H groups in total. The van der Waals surface area contributed by atoms with Crippen LogP contribution in [0.2, 0.25) is 5.02 Å². The van der Waals surface area contributed by atoms with Crippen molar-refractivity contribution in [1.29, 1.82) is 5.26 Å². The summed E-state index contributed by atoms with van der Waals surface area (Å²) in [4.78, 5) is 27.8. The van der Waals surface area contributed by atoms with Crippen LogP contribution in [0.25, 0.3) is 0 Å². The van der Waals surface area contributed by atoms with Gasteiger partial charge in [-0.2, -0.15) is 5.26 Å². The Morgan fingerprint density at radius 3 is 2.67 bits per heavy atom. The van der Waals surface area contributed by atoms with E-state index in [1.165, 1.54) is 22.9 Å². The van der Waals surface area contributed by atoms with E-state index in [-0.39, 0.29) is 18.0 Å². The molecule has 0 bridgehead atoms. The zero-order chi connectivity index (χ0) is 23.4. The van der Waals surface area contributed by atoms with Gasteiger partial charge in [0.05, 0.1) is 18.1 Å². The number of carbonyl (C=O) groups is 2. The first-order valence-electron chi connectivity index (χ1n) is 10.2. The Balaban J connectivity index is 1.66. The number of rotatable bonds is 6. The van der Waals surface area contributed by atoms with E-state index in [0.717, 1.165) is 11.1 Å². The van der Waals surface area contributed by atoms with Crippen LogP contribution in [0.4, 0.5) is 5.69 Å². The number of aryl methyl sites for hydroxylation is 1. The Hall–Kier alpha value is -3.47. The number of carbonyl (C=O) groups excluding carboxylic acids is 2. The van der Waals surface area contributed by atoms with Gasteiger partial charge in [-0.05, 0) is 54.8 Å². The first-order valence-corrected chi connectivity index (χ1v) is 11.5. The minimum Gasteiger partial charge on any atom is -0.467 e. The Bertz CT molecular complexity index is 1250. The van der Waals surface area contributed by atoms with Gasteiger partial charge in [0.15, 0.2) is 0 Å². The second-order valence-electron chi connectivity index (χ2n) is 7.46. The number of amides is 2. The molecular formula is C25H20ClN3O3S. The van der Waals surface area contributed by atoms with Crippen molar-refractivity contribution in [1.82, 2.24) is 5.32 Å². The molecule has 0 aliphatic carbocycles. The van der Waals surface area contributed by atoms with E-state index < -0.39 is 11.2 Å². The molecule has 1 aliphatic heterocycles. The highest BCUT2D eigenvalue weighted by Crippen LogP contribution is 2.42. The summed E-state index contributed by atoms with van der Waals surface area (Å²) in [5, 5.41) is 13.0. The van der Waals surface area contributed by atoms with Gasteiger partial charge in [0.2, 0.25) is 5.91 Å². The number of benzene rings is 2. The lowest BCUT2D eigenvalue weighted by Crippen LogP contribution is -2.32. The fraction of sp³-hybridized carbons (Fsp3) is 0.160. The zero-order valence-electron chi connectivity index (χ0n) is 17.7. The number of nitrogens with zero attached hydrogens (tertiary/aromatic N) is 2. The van der Waals surface area contributed by atoms with Crippen LogP contribution in [-0.4, -0.2) is 17.1 Å². The number of hydrogen-bond acceptors (Lipinski definition) is 5. The molecule has 2 heterocycles. The monoisotopic (exact) mass is 477 g/mol. The van der Waals surface area contributed by atoms with Crippen LogP contribution in [0.15, 0.2) is 81.9 Å². The van der Waals surface area contributed by atoms with Crippen molar-refractivity contribution in [3.63, 3.8) is 0 Å². The second-order valence-corrected chi connectivity index (χ2v) is 9.06. The van der Waals surface area contributed by atoms with Crippen LogP contribution in [0.5, 0.6) is 0 Å². The molecule has 1 fully saturated rings. The van der Waals surface area contributed by atoms with Gasteiger partial charge in [0.25, 0.3) is 5.91 Å². The Morgan fingerprint density at radius 1 is 1.21 bits per heavy atom. The molecule has 1 aromatic heterocycles. The fourth-order valence-corrected chi connectivity index (χ4v) is 4.96. The van der Waals surface area contributed by atoms with Gasteiger partial charge in [-0.15, -0.1) is 0 Å². The molecule has 2 amide bonds. The molecule has 3 aromatic rings. The first kappa shape index (κ1) is 22.7. The van der Waals surface area contributed by atoms with Crippen LogP contribution >= 0.6 is 23.4 Å². The van der Waals surface area contributed by atoms with Gasteiger partial charge in [0.1, 0.15) is 22.4 Å². The topological polar surface area (TPSA) is 86.3 Å². The lowest BCUT2D eigenvalue weighted by molar-refractivity contribution is -0.117. The van der Waals surface area contributed by atoms with E-state index in [0.29, 0.717) is 27.9 Å². The molecule has 2 aromatic carbocycles. The van der Waals surface area contributed by atoms with Gasteiger partial charge in [-0.25, -0.2) is 0 Å². The van der Waals surface area contributed by atoms with Crippen LogP contribution in [0.3, 0.4) is 0 Å². The van der Waals surface area contributed by atoms with E-state index >= 15 is 0 Å². The van der Waals surface area contributed by atoms with Crippen LogP contribution in [0, 0.1) is 18.3 Å². The second kappa shape index (κ2) is 9.99. The maximum absolute atomic E-state index is 13.4. The summed E-state index contributed by atoms with van der Waals surface area (Å²) in [5.41, 5.74) is 2.35. The molecule has 0 radical (unpaired) electrons. The molecule has 1 aliphatic rings. The van der Waals surface area contributed by atoms with E-state index in [2.05, 4.69) is 5.32 Å². The first-order chi connectivity index (χ1) is 16.0. The van der Waals surface area contributed by atoms with Crippen molar-refractivity contribution in [2.75, 3.05) is 4.90 Å². The molecular weight excluding hydrogens is 458 g/mol. The quantitative estimate of drug-likeness (QED) is 0.399. The zero-order valence-corrected chi connectivity index (χ0v) is 19.3. The molecule has 1 unspecified atom stereocenters. The Morgan fingerprint density at radius 2 is 2.00 bits per heavy atom. The summed E-state index contributed by atoms with van der Waals surface area (Å²) in [7, 11) is 0. The van der Waals surface area contributed by atoms with E-state index in [4.69, 9.17) is 16.0 Å². The standard InChI is InChI=1S/C25H20ClN3O3S/c1-16-9-10-17(12-21(16)26)13-22-24(31)29(18-6-3-2-4-7-18)25(33-22)20(14-27)23(30)28-15-19-8-5-11-32-19/h2-12,22H,13,15H2,1H3,(H,28,30)/b25-20-. The van der Waals surface area contributed by atoms with Crippen LogP contribution < -0.4 is 10.2 Å². The average molecular weight is 478 g/mol. The number of furan rings is 1. The maximum Gasteiger partial charge on any atom is 0.265 e. The molecule has 8 heteroatoms. The molecule has 0 spiro atoms. The molecule has 1 atom stereocenters. The number of hydrogen-bond donors (Lipinski definition) is 1. The lowest BCUT2D eigenvalue weighted by atomic mass is 10.1. The number of thioether (sulfide) groups is 1. The van der Waals surface area contributed by atoms with E-state index in [1.54, 1.807) is 36.4 Å². The van der Waals surface area contributed by atoms with Crippen LogP contribution in [-0.2, 0) is 22.6 Å². The summed E-state index contributed by atoms with van der Waals surface area (Å²) in [6, 6.07) is 20.1. The average Bonchev–Trinajstić information content (AvgIpc) is 3.44. The third-order valence-corrected chi connectivity index (χ3v) is 6.85. The van der Waals surface area contributed by atoms with Gasteiger partial charge in [-0.1, -0.05) is 53.7 Å². The molecule has 4 rings (SSSR count). The van der Waals surface area contributed by atoms with Crippen molar-refractivity contribution >= 4 is 40.9 Å². The number of para-hydroxylation sites is 1. The van der Waals surface area contributed by atoms with Crippen molar-refractivity contribution in [2.24, 2.45) is 0 Å². The summed E-state index contributed by atoms with van der Waals surface area (Å²) >= 11 is 7.48. The Labute approximate surface area is 200 Å². The van der Waals surface area contributed by atoms with E-state index in [1.807, 2.05) is 37.3 Å². The van der Waals surface area contributed by atoms with Gasteiger partial charge < -0.3 is 9.73 Å². The minimum atomic E-state index is -0.566. The normalized spacial score (nSPS) is 17.1. The van der Waals surface area contributed by atoms with Crippen LogP contribution in [0.1, 0.15) is 16.9 Å². The third-order valence-electron chi connectivity index (χ3n) is 5.18. The molecule has 6 nitrogen and oxygen atoms in total. The minimum absolute atomic E-state index is 0.117. The number of halogens is 1. The summed E-state index contributed by atoms with van der Waals surface area (Å²) < 4.78 is 5.24. The van der Waals surface area contributed by atoms with Crippen molar-refractivity contribution in [3.05, 3.63) is 99.4 Å². The SMILES string of the molecule is Cc1ccc(CC2S/C(=C(/C#N)C(=O)NCc3ccco3)N(c3ccccc3)C2=O)cc1Cl. The third kappa shape index (κ3) is 4.98. The molecule has 0 saturated carbocycles. The predicted molar refractivity (Wildman–Crippen MR) is 128 cm³/mol. The van der Waals surface area contributed by atoms with Gasteiger partial charge in [-0.3, -0.25) is 14.5 Å². The van der Waals surface area contributed by atoms with Crippen molar-refractivity contribution < 1.29 is 14.0 Å². The number of anilines is 1. The summed E-state index contributed by atoms with van der Waals surface area (Å²) in [6.45, 7) is 2.06. The van der Waals surface area contributed by atoms with Crippen molar-refractivity contribution in [3.8, 4) is 6.07 Å². The smallest absolute Gasteiger partial charge is 0.265 e. The highest BCUT2D eigenvalue weighted by atomic mass is 35.5. The van der Waals surface area contributed by atoms with Gasteiger partial charge in [0, 0.05) is 10.7 Å². The predicted octanol–water partition coefficient (Wildman–Crippen LogP) is 4.98. The molecule has 33 heavy (non-hydrogen) atoms. The highest BCUT2D eigenvalue weighted by Gasteiger charge is 2.40. The molecule has 1 saturated heterocycles. The van der Waals surface area contributed by atoms with Gasteiger partial charge >= 0.3 is 0 Å². The number of nitrogens with one attached hydrogen (secondary N) is 1. The number of nitriles is 1. The highest BCUT2D eigenvalue weighted by molar-refractivity contribution is 8.05. The fourth-order valence-electron chi connectivity index (χ4n) is 3.45. The largest absolute Gasteiger partial charge is 0.467 e. The maximum atomic E-state index is 13.4. The summed E-state index contributed by atoms with van der Waals surface area (Å²) in [5.74, 6) is -0.191.